The third-order valence-corrected chi connectivity index (χ3v) is 11.8. The summed E-state index contributed by atoms with van der Waals surface area (Å²) in [6.07, 6.45) is 11.9. The Hall–Kier alpha value is -4.64. The van der Waals surface area contributed by atoms with E-state index < -0.39 is 23.6 Å². The molecular formula is C40H40N4O4S2. The molecule has 2 aromatic carbocycles. The highest BCUT2D eigenvalue weighted by Gasteiger charge is 2.43. The molecule has 10 heteroatoms. The van der Waals surface area contributed by atoms with Crippen molar-refractivity contribution in [3.63, 3.8) is 0 Å². The smallest absolute Gasteiger partial charge is 0.262 e. The van der Waals surface area contributed by atoms with Crippen LogP contribution in [0.5, 0.6) is 0 Å². The molecule has 0 saturated carbocycles. The fraction of sp³-hybridized carbons (Fsp3) is 0.400. The number of benzene rings is 2. The Labute approximate surface area is 300 Å². The van der Waals surface area contributed by atoms with E-state index in [0.29, 0.717) is 54.2 Å². The summed E-state index contributed by atoms with van der Waals surface area (Å²) in [6.45, 7) is 4.81. The molecule has 0 aliphatic carbocycles. The van der Waals surface area contributed by atoms with E-state index in [1.165, 1.54) is 32.5 Å². The van der Waals surface area contributed by atoms with Gasteiger partial charge in [-0.05, 0) is 49.2 Å². The second kappa shape index (κ2) is 15.5. The molecular weight excluding hydrogens is 665 g/mol. The number of imide groups is 2. The molecule has 50 heavy (non-hydrogen) atoms. The van der Waals surface area contributed by atoms with Gasteiger partial charge in [0, 0.05) is 55.9 Å². The average molecular weight is 705 g/mol. The minimum absolute atomic E-state index is 0.248. The first-order valence-corrected chi connectivity index (χ1v) is 19.4. The van der Waals surface area contributed by atoms with E-state index in [2.05, 4.69) is 26.0 Å². The maximum atomic E-state index is 14.5. The fourth-order valence-corrected chi connectivity index (χ4v) is 8.79. The molecule has 0 atom stereocenters. The molecule has 4 heterocycles. The van der Waals surface area contributed by atoms with Gasteiger partial charge < -0.3 is 0 Å². The predicted octanol–water partition coefficient (Wildman–Crippen LogP) is 9.95. The van der Waals surface area contributed by atoms with Gasteiger partial charge in [-0.15, -0.1) is 22.7 Å². The van der Waals surface area contributed by atoms with Crippen molar-refractivity contribution in [3.05, 3.63) is 68.4 Å². The molecule has 256 valence electrons. The van der Waals surface area contributed by atoms with Crippen LogP contribution in [0.2, 0.25) is 0 Å². The number of carbonyl (C=O) groups is 4. The molecule has 4 aromatic rings. The van der Waals surface area contributed by atoms with Crippen molar-refractivity contribution >= 4 is 57.1 Å². The van der Waals surface area contributed by atoms with Crippen molar-refractivity contribution in [2.75, 3.05) is 13.1 Å². The number of nitriles is 2. The van der Waals surface area contributed by atoms with Crippen LogP contribution < -0.4 is 0 Å². The van der Waals surface area contributed by atoms with E-state index >= 15 is 0 Å². The van der Waals surface area contributed by atoms with Gasteiger partial charge in [-0.3, -0.25) is 29.0 Å². The number of nitrogens with zero attached hydrogens (tertiary/aromatic N) is 4. The van der Waals surface area contributed by atoms with Crippen molar-refractivity contribution < 1.29 is 19.2 Å². The topological polar surface area (TPSA) is 122 Å². The Morgan fingerprint density at radius 1 is 0.520 bits per heavy atom. The molecule has 0 bridgehead atoms. The van der Waals surface area contributed by atoms with Crippen molar-refractivity contribution in [1.82, 2.24) is 9.80 Å². The zero-order valence-electron chi connectivity index (χ0n) is 28.6. The second-order valence-corrected chi connectivity index (χ2v) is 15.2. The van der Waals surface area contributed by atoms with Crippen molar-refractivity contribution in [1.29, 1.82) is 10.5 Å². The third-order valence-electron chi connectivity index (χ3n) is 9.71. The molecule has 0 spiro atoms. The van der Waals surface area contributed by atoms with E-state index in [9.17, 15) is 29.7 Å². The summed E-state index contributed by atoms with van der Waals surface area (Å²) in [5.41, 5.74) is 2.03. The van der Waals surface area contributed by atoms with Crippen molar-refractivity contribution in [3.8, 4) is 33.0 Å². The Kier molecular flexibility index (Phi) is 10.9. The summed E-state index contributed by atoms with van der Waals surface area (Å²) in [5.74, 6) is -1.83. The minimum Gasteiger partial charge on any atom is -0.274 e. The van der Waals surface area contributed by atoms with Gasteiger partial charge in [0.2, 0.25) is 0 Å². The average Bonchev–Trinajstić information content (AvgIpc) is 3.81. The number of carbonyl (C=O) groups excluding carboxylic acids is 4. The van der Waals surface area contributed by atoms with Crippen LogP contribution in [0.4, 0.5) is 0 Å². The highest BCUT2D eigenvalue weighted by atomic mass is 32.1. The minimum atomic E-state index is -0.458. The summed E-state index contributed by atoms with van der Waals surface area (Å²) < 4.78 is 0. The summed E-state index contributed by atoms with van der Waals surface area (Å²) >= 11 is 2.44. The maximum Gasteiger partial charge on any atom is 0.262 e. The molecule has 4 amide bonds. The van der Waals surface area contributed by atoms with Gasteiger partial charge in [-0.1, -0.05) is 78.1 Å². The molecule has 2 aliphatic heterocycles. The molecule has 0 N–H and O–H groups in total. The second-order valence-electron chi connectivity index (χ2n) is 13.1. The number of hydrogen-bond acceptors (Lipinski definition) is 8. The molecule has 0 fully saturated rings. The summed E-state index contributed by atoms with van der Waals surface area (Å²) in [4.78, 5) is 62.5. The Balaban J connectivity index is 1.54. The van der Waals surface area contributed by atoms with Gasteiger partial charge in [0.25, 0.3) is 23.6 Å². The molecule has 0 unspecified atom stereocenters. The first-order valence-electron chi connectivity index (χ1n) is 17.7. The lowest BCUT2D eigenvalue weighted by Crippen LogP contribution is -2.44. The van der Waals surface area contributed by atoms with Gasteiger partial charge in [0.15, 0.2) is 0 Å². The van der Waals surface area contributed by atoms with Gasteiger partial charge in [-0.2, -0.15) is 10.5 Å². The Morgan fingerprint density at radius 3 is 1.26 bits per heavy atom. The Morgan fingerprint density at radius 2 is 0.900 bits per heavy atom. The highest BCUT2D eigenvalue weighted by Crippen LogP contribution is 2.47. The van der Waals surface area contributed by atoms with Crippen LogP contribution in [-0.4, -0.2) is 46.5 Å². The van der Waals surface area contributed by atoms with Crippen LogP contribution >= 0.6 is 22.7 Å². The monoisotopic (exact) mass is 704 g/mol. The van der Waals surface area contributed by atoms with Crippen molar-refractivity contribution in [2.24, 2.45) is 0 Å². The highest BCUT2D eigenvalue weighted by molar-refractivity contribution is 7.16. The van der Waals surface area contributed by atoms with Crippen molar-refractivity contribution in [2.45, 2.75) is 90.9 Å². The number of hydrogen-bond donors (Lipinski definition) is 0. The predicted molar refractivity (Wildman–Crippen MR) is 197 cm³/mol. The zero-order valence-corrected chi connectivity index (χ0v) is 30.2. The number of rotatable bonds is 16. The summed E-state index contributed by atoms with van der Waals surface area (Å²) in [6, 6.07) is 14.6. The quantitative estimate of drug-likeness (QED) is 0.0845. The van der Waals surface area contributed by atoms with E-state index in [1.54, 1.807) is 36.4 Å². The number of thiophene rings is 2. The van der Waals surface area contributed by atoms with Crippen LogP contribution in [-0.2, 0) is 0 Å². The number of amides is 4. The molecule has 6 rings (SSSR count). The Bertz CT molecular complexity index is 1930. The standard InChI is InChI=1S/C40H40N4O4S2/c1-3-5-7-9-11-13-19-43-37(45)29-21-28(32-18-16-26(24-42)50-32)36-34-30(38(46)44(40(36)48)20-14-12-10-8-6-4-2)22-27(35(33(29)34)39(43)47)31-17-15-25(23-41)49-31/h15-18,21-22H,3-14,19-20H2,1-2H3. The fourth-order valence-electron chi connectivity index (χ4n) is 7.14. The van der Waals surface area contributed by atoms with Gasteiger partial charge in [-0.25, -0.2) is 0 Å². The van der Waals surface area contributed by atoms with E-state index in [0.717, 1.165) is 64.2 Å². The normalized spacial score (nSPS) is 13.8. The van der Waals surface area contributed by atoms with Crippen LogP contribution in [0.15, 0.2) is 36.4 Å². The van der Waals surface area contributed by atoms with Crippen LogP contribution in [0.3, 0.4) is 0 Å². The van der Waals surface area contributed by atoms with E-state index in [4.69, 9.17) is 0 Å². The number of unbranched alkanes of at least 4 members (excludes halogenated alkanes) is 10. The SMILES string of the molecule is CCCCCCCCN1C(=O)c2cc(-c3ccc(C#N)s3)c3c4c(cc(-c5ccc(C#N)s5)c(c24)C1=O)C(=O)N(CCCCCCCC)C3=O. The third kappa shape index (κ3) is 6.51. The largest absolute Gasteiger partial charge is 0.274 e. The van der Waals surface area contributed by atoms with Gasteiger partial charge in [0.05, 0.1) is 11.1 Å². The van der Waals surface area contributed by atoms with E-state index in [1.807, 2.05) is 0 Å². The lowest BCUT2D eigenvalue weighted by atomic mass is 9.80. The van der Waals surface area contributed by atoms with Crippen LogP contribution in [0.25, 0.3) is 31.7 Å². The zero-order chi connectivity index (χ0) is 35.4. The first kappa shape index (κ1) is 35.2. The van der Waals surface area contributed by atoms with Gasteiger partial charge in [0.1, 0.15) is 21.9 Å². The molecule has 0 radical (unpaired) electrons. The molecule has 2 aromatic heterocycles. The lowest BCUT2D eigenvalue weighted by Gasteiger charge is -2.34. The van der Waals surface area contributed by atoms with Gasteiger partial charge >= 0.3 is 0 Å². The molecule has 0 saturated heterocycles. The lowest BCUT2D eigenvalue weighted by molar-refractivity contribution is 0.0587. The first-order chi connectivity index (χ1) is 24.3. The maximum absolute atomic E-state index is 14.5. The summed E-state index contributed by atoms with van der Waals surface area (Å²) in [7, 11) is 0. The van der Waals surface area contributed by atoms with E-state index in [-0.39, 0.29) is 35.3 Å². The van der Waals surface area contributed by atoms with Crippen LogP contribution in [0, 0.1) is 22.7 Å². The van der Waals surface area contributed by atoms with Crippen LogP contribution in [0.1, 0.15) is 142 Å². The molecule has 8 nitrogen and oxygen atoms in total. The molecule has 2 aliphatic rings. The summed E-state index contributed by atoms with van der Waals surface area (Å²) in [5, 5.41) is 19.9.